The molecule has 0 spiro atoms. The quantitative estimate of drug-likeness (QED) is 0.702. The zero-order valence-electron chi connectivity index (χ0n) is 11.3. The van der Waals surface area contributed by atoms with Gasteiger partial charge in [0.05, 0.1) is 5.60 Å². The molecule has 0 heterocycles. The third-order valence-corrected chi connectivity index (χ3v) is 6.09. The Bertz CT molecular complexity index is 373. The Balaban J connectivity index is 1.96. The van der Waals surface area contributed by atoms with E-state index in [9.17, 15) is 9.90 Å². The lowest BCUT2D eigenvalue weighted by Gasteiger charge is -2.57. The van der Waals surface area contributed by atoms with Crippen molar-refractivity contribution in [3.05, 3.63) is 0 Å². The van der Waals surface area contributed by atoms with Crippen LogP contribution in [0.1, 0.15) is 59.3 Å². The molecule has 1 N–H and O–H groups in total. The number of hydrogen-bond donors (Lipinski definition) is 1. The summed E-state index contributed by atoms with van der Waals surface area (Å²) in [6.07, 6.45) is 5.27. The summed E-state index contributed by atoms with van der Waals surface area (Å²) < 4.78 is 0. The minimum Gasteiger partial charge on any atom is -0.390 e. The third-order valence-electron chi connectivity index (χ3n) is 6.09. The maximum absolute atomic E-state index is 12.1. The standard InChI is InChI=1S/C15H24O2/c1-13(2)8-11-10(13)4-6-14(3)9-15(11,17)7-5-12(14)16/h10-11,17H,4-9H2,1-3H3/t10?,11-,14+,15+/m1/s1. The highest BCUT2D eigenvalue weighted by Gasteiger charge is 2.61. The molecule has 2 bridgehead atoms. The minimum absolute atomic E-state index is 0.236. The van der Waals surface area contributed by atoms with Gasteiger partial charge in [0.2, 0.25) is 0 Å². The molecule has 0 aliphatic heterocycles. The third kappa shape index (κ3) is 1.46. The van der Waals surface area contributed by atoms with Crippen molar-refractivity contribution in [3.63, 3.8) is 0 Å². The van der Waals surface area contributed by atoms with E-state index >= 15 is 0 Å². The van der Waals surface area contributed by atoms with Crippen molar-refractivity contribution in [2.75, 3.05) is 0 Å². The number of Topliss-reactive ketones (excluding diaryl/α,β-unsaturated/α-hetero) is 1. The van der Waals surface area contributed by atoms with Gasteiger partial charge in [0.25, 0.3) is 0 Å². The maximum Gasteiger partial charge on any atom is 0.138 e. The molecule has 3 aliphatic rings. The normalized spacial score (nSPS) is 52.4. The summed E-state index contributed by atoms with van der Waals surface area (Å²) in [5.41, 5.74) is -0.406. The molecule has 0 aromatic rings. The fourth-order valence-electron chi connectivity index (χ4n) is 4.91. The van der Waals surface area contributed by atoms with Crippen LogP contribution in [0.3, 0.4) is 0 Å². The number of carbonyl (C=O) groups is 1. The summed E-state index contributed by atoms with van der Waals surface area (Å²) in [6, 6.07) is 0. The van der Waals surface area contributed by atoms with Gasteiger partial charge in [0.15, 0.2) is 0 Å². The number of rotatable bonds is 0. The van der Waals surface area contributed by atoms with E-state index in [4.69, 9.17) is 0 Å². The molecule has 2 heteroatoms. The van der Waals surface area contributed by atoms with Gasteiger partial charge in [0.1, 0.15) is 5.78 Å². The van der Waals surface area contributed by atoms with Gasteiger partial charge in [-0.05, 0) is 49.4 Å². The Morgan fingerprint density at radius 1 is 1.18 bits per heavy atom. The molecule has 0 radical (unpaired) electrons. The van der Waals surface area contributed by atoms with Crippen molar-refractivity contribution in [2.45, 2.75) is 64.9 Å². The van der Waals surface area contributed by atoms with Gasteiger partial charge < -0.3 is 5.11 Å². The monoisotopic (exact) mass is 236 g/mol. The highest BCUT2D eigenvalue weighted by atomic mass is 16.3. The van der Waals surface area contributed by atoms with Gasteiger partial charge in [-0.15, -0.1) is 0 Å². The average Bonchev–Trinajstić information content (AvgIpc) is 2.28. The summed E-state index contributed by atoms with van der Waals surface area (Å²) in [5, 5.41) is 10.9. The van der Waals surface area contributed by atoms with Crippen LogP contribution in [0.2, 0.25) is 0 Å². The van der Waals surface area contributed by atoms with Crippen LogP contribution < -0.4 is 0 Å². The van der Waals surface area contributed by atoms with E-state index in [1.54, 1.807) is 0 Å². The van der Waals surface area contributed by atoms with E-state index < -0.39 is 5.60 Å². The second-order valence-electron chi connectivity index (χ2n) is 7.71. The average molecular weight is 236 g/mol. The molecular weight excluding hydrogens is 212 g/mol. The maximum atomic E-state index is 12.1. The lowest BCUT2D eigenvalue weighted by atomic mass is 9.49. The Hall–Kier alpha value is -0.370. The van der Waals surface area contributed by atoms with Crippen LogP contribution in [-0.4, -0.2) is 16.5 Å². The predicted molar refractivity (Wildman–Crippen MR) is 66.5 cm³/mol. The first-order chi connectivity index (χ1) is 7.77. The molecule has 4 atom stereocenters. The van der Waals surface area contributed by atoms with Crippen molar-refractivity contribution < 1.29 is 9.90 Å². The Morgan fingerprint density at radius 3 is 2.53 bits per heavy atom. The molecule has 0 saturated heterocycles. The first kappa shape index (κ1) is 11.7. The number of ketones is 1. The van der Waals surface area contributed by atoms with E-state index in [2.05, 4.69) is 20.8 Å². The lowest BCUT2D eigenvalue weighted by molar-refractivity contribution is -0.168. The second kappa shape index (κ2) is 3.14. The zero-order valence-corrected chi connectivity index (χ0v) is 11.3. The van der Waals surface area contributed by atoms with Crippen LogP contribution in [0, 0.1) is 22.7 Å². The van der Waals surface area contributed by atoms with Gasteiger partial charge in [-0.3, -0.25) is 4.79 Å². The molecule has 0 aromatic carbocycles. The highest BCUT2D eigenvalue weighted by molar-refractivity contribution is 5.85. The minimum atomic E-state index is -0.542. The van der Waals surface area contributed by atoms with E-state index in [0.717, 1.165) is 25.7 Å². The summed E-state index contributed by atoms with van der Waals surface area (Å²) in [6.45, 7) is 6.71. The van der Waals surface area contributed by atoms with Crippen molar-refractivity contribution in [1.29, 1.82) is 0 Å². The fraction of sp³-hybridized carbons (Fsp3) is 0.933. The van der Waals surface area contributed by atoms with Crippen molar-refractivity contribution in [1.82, 2.24) is 0 Å². The molecule has 3 rings (SSSR count). The molecule has 3 saturated carbocycles. The topological polar surface area (TPSA) is 37.3 Å². The predicted octanol–water partition coefficient (Wildman–Crippen LogP) is 2.93. The largest absolute Gasteiger partial charge is 0.390 e. The van der Waals surface area contributed by atoms with E-state index in [1.807, 2.05) is 0 Å². The summed E-state index contributed by atoms with van der Waals surface area (Å²) in [5.74, 6) is 1.47. The van der Waals surface area contributed by atoms with Gasteiger partial charge in [-0.1, -0.05) is 20.8 Å². The van der Waals surface area contributed by atoms with Gasteiger partial charge in [0, 0.05) is 11.8 Å². The number of hydrogen-bond acceptors (Lipinski definition) is 2. The van der Waals surface area contributed by atoms with Crippen molar-refractivity contribution >= 4 is 5.78 Å². The van der Waals surface area contributed by atoms with E-state index in [-0.39, 0.29) is 5.41 Å². The van der Waals surface area contributed by atoms with Crippen LogP contribution >= 0.6 is 0 Å². The molecule has 2 nitrogen and oxygen atoms in total. The number of carbonyl (C=O) groups excluding carboxylic acids is 1. The summed E-state index contributed by atoms with van der Waals surface area (Å²) >= 11 is 0. The molecular formula is C15H24O2. The Kier molecular flexibility index (Phi) is 2.16. The molecule has 96 valence electrons. The highest BCUT2D eigenvalue weighted by Crippen LogP contribution is 2.63. The van der Waals surface area contributed by atoms with Gasteiger partial charge in [-0.25, -0.2) is 0 Å². The zero-order chi connectivity index (χ0) is 12.5. The Labute approximate surface area is 104 Å². The van der Waals surface area contributed by atoms with Gasteiger partial charge >= 0.3 is 0 Å². The van der Waals surface area contributed by atoms with E-state index in [1.165, 1.54) is 0 Å². The molecule has 0 amide bonds. The molecule has 17 heavy (non-hydrogen) atoms. The second-order valence-corrected chi connectivity index (χ2v) is 7.71. The van der Waals surface area contributed by atoms with Crippen LogP contribution in [0.15, 0.2) is 0 Å². The lowest BCUT2D eigenvalue weighted by Crippen LogP contribution is -2.57. The first-order valence-corrected chi connectivity index (χ1v) is 7.03. The van der Waals surface area contributed by atoms with Crippen molar-refractivity contribution in [3.8, 4) is 0 Å². The first-order valence-electron chi connectivity index (χ1n) is 7.03. The van der Waals surface area contributed by atoms with Crippen LogP contribution in [-0.2, 0) is 4.79 Å². The fourth-order valence-corrected chi connectivity index (χ4v) is 4.91. The SMILES string of the molecule is CC1(C)C[C@@H]2C1CC[C@@]1(C)C[C@@]2(O)CCC1=O. The number of fused-ring (bicyclic) bond motifs is 4. The van der Waals surface area contributed by atoms with Gasteiger partial charge in [-0.2, -0.15) is 0 Å². The molecule has 3 aliphatic carbocycles. The molecule has 1 unspecified atom stereocenters. The van der Waals surface area contributed by atoms with Crippen molar-refractivity contribution in [2.24, 2.45) is 22.7 Å². The summed E-state index contributed by atoms with van der Waals surface area (Å²) in [7, 11) is 0. The number of aliphatic hydroxyl groups is 1. The van der Waals surface area contributed by atoms with E-state index in [0.29, 0.717) is 35.9 Å². The molecule has 3 fully saturated rings. The molecule has 0 aromatic heterocycles. The van der Waals surface area contributed by atoms with Crippen LogP contribution in [0.5, 0.6) is 0 Å². The smallest absolute Gasteiger partial charge is 0.138 e. The Morgan fingerprint density at radius 2 is 1.88 bits per heavy atom. The van der Waals surface area contributed by atoms with Crippen LogP contribution in [0.25, 0.3) is 0 Å². The summed E-state index contributed by atoms with van der Waals surface area (Å²) in [4.78, 5) is 12.1. The van der Waals surface area contributed by atoms with Crippen LogP contribution in [0.4, 0.5) is 0 Å².